The number of halogens is 4. The molecular formula is C54H52Cl4N6O7. The highest BCUT2D eigenvalue weighted by atomic mass is 35.5. The van der Waals surface area contributed by atoms with Crippen LogP contribution >= 0.6 is 46.4 Å². The lowest BCUT2D eigenvalue weighted by atomic mass is 10.0. The Balaban J connectivity index is 0.000000197. The smallest absolute Gasteiger partial charge is 0.307 e. The minimum absolute atomic E-state index is 0.0122. The number of aliphatic carboxylic acids is 1. The molecule has 6 aromatic carbocycles. The van der Waals surface area contributed by atoms with Crippen molar-refractivity contribution in [3.8, 4) is 11.5 Å². The number of hydrogen-bond acceptors (Lipinski definition) is 9. The fraction of sp³-hybridized carbons (Fsp3) is 0.259. The Morgan fingerprint density at radius 1 is 0.606 bits per heavy atom. The summed E-state index contributed by atoms with van der Waals surface area (Å²) >= 11 is 25.3. The molecule has 0 aromatic heterocycles. The second-order valence-corrected chi connectivity index (χ2v) is 17.9. The highest BCUT2D eigenvalue weighted by molar-refractivity contribution is 6.34. The molecular weight excluding hydrogens is 986 g/mol. The number of carbonyl (C=O) groups excluding carboxylic acids is 1. The van der Waals surface area contributed by atoms with Crippen molar-refractivity contribution in [2.24, 2.45) is 0 Å². The molecule has 2 aliphatic heterocycles. The van der Waals surface area contributed by atoms with E-state index in [1.807, 2.05) is 77.7 Å². The maximum atomic E-state index is 13.2. The van der Waals surface area contributed by atoms with Crippen molar-refractivity contribution in [2.75, 3.05) is 75.5 Å². The number of hydrogen-bond donors (Lipinski definition) is 4. The predicted octanol–water partition coefficient (Wildman–Crippen LogP) is 10.9. The van der Waals surface area contributed by atoms with Crippen molar-refractivity contribution < 1.29 is 34.4 Å². The first kappa shape index (κ1) is 53.8. The van der Waals surface area contributed by atoms with Gasteiger partial charge in [-0.1, -0.05) is 119 Å². The van der Waals surface area contributed by atoms with Crippen molar-refractivity contribution in [3.63, 3.8) is 0 Å². The van der Waals surface area contributed by atoms with Gasteiger partial charge in [0.2, 0.25) is 5.91 Å². The van der Waals surface area contributed by atoms with Crippen LogP contribution in [0, 0.1) is 13.1 Å². The Labute approximate surface area is 433 Å². The highest BCUT2D eigenvalue weighted by Crippen LogP contribution is 2.39. The monoisotopic (exact) mass is 1040 g/mol. The van der Waals surface area contributed by atoms with Crippen LogP contribution in [0.5, 0.6) is 11.5 Å². The number of anilines is 2. The molecule has 0 saturated carbocycles. The zero-order valence-electron chi connectivity index (χ0n) is 38.6. The van der Waals surface area contributed by atoms with Gasteiger partial charge in [-0.25, -0.2) is 9.69 Å². The van der Waals surface area contributed by atoms with Gasteiger partial charge in [0.15, 0.2) is 11.4 Å². The fourth-order valence-electron chi connectivity index (χ4n) is 8.03. The topological polar surface area (TPSA) is 144 Å². The van der Waals surface area contributed by atoms with E-state index in [-0.39, 0.29) is 57.3 Å². The Hall–Kier alpha value is -6.52. The van der Waals surface area contributed by atoms with Crippen LogP contribution in [0.25, 0.3) is 9.69 Å². The fourth-order valence-corrected chi connectivity index (χ4v) is 8.84. The summed E-state index contributed by atoms with van der Waals surface area (Å²) in [6.07, 6.45) is 0.293. The van der Waals surface area contributed by atoms with Crippen LogP contribution in [0.4, 0.5) is 22.7 Å². The number of piperazine rings is 2. The SMILES string of the molecule is OCCOc1ccc(N2CCNC[C@H]2c2ccc(Cl)cc2)c(Cl)c1.[C-]#[N+]c1ccc(CC(=O)N2CCN(c3ccc(OCCO)cc3Cl)[C@H](c3ccc(Cl)cc3)C2)cc1.[C-]#[N+]c1ccc(CC(=O)O)cc1. The number of nitrogens with one attached hydrogen (secondary N) is 1. The first-order chi connectivity index (χ1) is 34.4. The Morgan fingerprint density at radius 2 is 1.07 bits per heavy atom. The number of benzene rings is 6. The molecule has 0 spiro atoms. The van der Waals surface area contributed by atoms with E-state index in [1.54, 1.807) is 48.5 Å². The predicted molar refractivity (Wildman–Crippen MR) is 281 cm³/mol. The van der Waals surface area contributed by atoms with Gasteiger partial charge in [-0.05, 0) is 70.8 Å². The molecule has 0 radical (unpaired) electrons. The van der Waals surface area contributed by atoms with Gasteiger partial charge < -0.3 is 44.8 Å². The van der Waals surface area contributed by atoms with E-state index < -0.39 is 5.97 Å². The Morgan fingerprint density at radius 3 is 1.52 bits per heavy atom. The van der Waals surface area contributed by atoms with Crippen LogP contribution in [-0.4, -0.2) is 97.8 Å². The van der Waals surface area contributed by atoms with Gasteiger partial charge in [0, 0.05) is 61.4 Å². The van der Waals surface area contributed by atoms with E-state index in [4.69, 9.17) is 84.3 Å². The van der Waals surface area contributed by atoms with Gasteiger partial charge in [-0.3, -0.25) is 9.59 Å². The molecule has 2 aliphatic rings. The molecule has 1 amide bonds. The number of ether oxygens (including phenoxy) is 2. The van der Waals surface area contributed by atoms with E-state index in [2.05, 4.69) is 36.9 Å². The molecule has 368 valence electrons. The molecule has 0 aliphatic carbocycles. The largest absolute Gasteiger partial charge is 0.491 e. The number of carbonyl (C=O) groups is 2. The first-order valence-corrected chi connectivity index (χ1v) is 24.1. The third-order valence-electron chi connectivity index (χ3n) is 11.5. The minimum Gasteiger partial charge on any atom is -0.491 e. The average Bonchev–Trinajstić information content (AvgIpc) is 3.38. The number of carboxylic acid groups (broad SMARTS) is 1. The lowest BCUT2D eigenvalue weighted by molar-refractivity contribution is -0.136. The van der Waals surface area contributed by atoms with Crippen LogP contribution in [-0.2, 0) is 22.4 Å². The molecule has 2 saturated heterocycles. The number of carboxylic acids is 1. The number of rotatable bonds is 14. The van der Waals surface area contributed by atoms with E-state index in [1.165, 1.54) is 5.56 Å². The summed E-state index contributed by atoms with van der Waals surface area (Å²) in [6, 6.07) is 40.5. The molecule has 13 nitrogen and oxygen atoms in total. The molecule has 2 atom stereocenters. The standard InChI is InChI=1S/C27H25Cl2N3O3.C18H20Cl2N2O2.C9H7NO2/c1-30-22-8-2-19(3-9-22)16-27(34)31-12-13-32(26(18-31)20-4-6-21(28)7-5-20)25-11-10-23(17-24(25)29)35-15-14-33;19-14-3-1-13(2-4-14)18-12-21-7-8-22(18)17-6-5-15(11-16(17)20)24-10-9-23;1-10-8-4-2-7(3-5-8)6-9(11)12/h2-11,17,26,33H,12-16,18H2;1-6,11,18,21,23H,7-10,12H2;2-5H,6H2,(H,11,12)/t26-;18-;/m00./s1. The van der Waals surface area contributed by atoms with Crippen LogP contribution in [0.1, 0.15) is 34.3 Å². The second-order valence-electron chi connectivity index (χ2n) is 16.2. The number of aliphatic hydroxyl groups is 2. The van der Waals surface area contributed by atoms with E-state index >= 15 is 0 Å². The number of aliphatic hydroxyl groups excluding tert-OH is 2. The summed E-state index contributed by atoms with van der Waals surface area (Å²) in [6.45, 7) is 18.4. The quantitative estimate of drug-likeness (QED) is 0.0779. The van der Waals surface area contributed by atoms with Gasteiger partial charge in [-0.2, -0.15) is 0 Å². The lowest BCUT2D eigenvalue weighted by Gasteiger charge is -2.43. The Kier molecular flexibility index (Phi) is 20.6. The lowest BCUT2D eigenvalue weighted by Crippen LogP contribution is -2.51. The third kappa shape index (κ3) is 15.7. The molecule has 0 unspecified atom stereocenters. The summed E-state index contributed by atoms with van der Waals surface area (Å²) in [5.74, 6) is 0.438. The summed E-state index contributed by atoms with van der Waals surface area (Å²) in [4.78, 5) is 36.4. The average molecular weight is 1040 g/mol. The number of amides is 1. The van der Waals surface area contributed by atoms with E-state index in [0.717, 1.165) is 52.7 Å². The van der Waals surface area contributed by atoms with Gasteiger partial charge in [-0.15, -0.1) is 0 Å². The zero-order valence-corrected chi connectivity index (χ0v) is 41.6. The van der Waals surface area contributed by atoms with Crippen molar-refractivity contribution >= 4 is 81.0 Å². The second kappa shape index (κ2) is 27.2. The minimum atomic E-state index is -0.856. The Bertz CT molecular complexity index is 2770. The van der Waals surface area contributed by atoms with Gasteiger partial charge >= 0.3 is 5.97 Å². The summed E-state index contributed by atoms with van der Waals surface area (Å²) < 4.78 is 10.9. The van der Waals surface area contributed by atoms with E-state index in [0.29, 0.717) is 57.6 Å². The van der Waals surface area contributed by atoms with Crippen LogP contribution < -0.4 is 24.6 Å². The van der Waals surface area contributed by atoms with Gasteiger partial charge in [0.25, 0.3) is 0 Å². The summed E-state index contributed by atoms with van der Waals surface area (Å²) in [5.41, 5.74) is 6.75. The van der Waals surface area contributed by atoms with Crippen molar-refractivity contribution in [1.29, 1.82) is 0 Å². The van der Waals surface area contributed by atoms with Gasteiger partial charge in [0.05, 0.1) is 72.7 Å². The van der Waals surface area contributed by atoms with E-state index in [9.17, 15) is 9.59 Å². The highest BCUT2D eigenvalue weighted by Gasteiger charge is 2.32. The van der Waals surface area contributed by atoms with Crippen molar-refractivity contribution in [1.82, 2.24) is 10.2 Å². The molecule has 0 bridgehead atoms. The molecule has 6 aromatic rings. The summed E-state index contributed by atoms with van der Waals surface area (Å²) in [7, 11) is 0. The molecule has 17 heteroatoms. The maximum absolute atomic E-state index is 13.2. The first-order valence-electron chi connectivity index (χ1n) is 22.6. The van der Waals surface area contributed by atoms with Crippen LogP contribution in [0.2, 0.25) is 20.1 Å². The maximum Gasteiger partial charge on any atom is 0.307 e. The molecule has 2 fully saturated rings. The van der Waals surface area contributed by atoms with Crippen LogP contribution in [0.3, 0.4) is 0 Å². The normalized spacial score (nSPS) is 15.2. The number of nitrogens with zero attached hydrogens (tertiary/aromatic N) is 5. The van der Waals surface area contributed by atoms with Crippen LogP contribution in [0.15, 0.2) is 133 Å². The molecule has 4 N–H and O–H groups in total. The molecule has 71 heavy (non-hydrogen) atoms. The molecule has 2 heterocycles. The van der Waals surface area contributed by atoms with Crippen molar-refractivity contribution in [3.05, 3.63) is 199 Å². The zero-order chi connectivity index (χ0) is 50.7. The third-order valence-corrected chi connectivity index (χ3v) is 12.6. The van der Waals surface area contributed by atoms with Crippen molar-refractivity contribution in [2.45, 2.75) is 24.9 Å². The summed E-state index contributed by atoms with van der Waals surface area (Å²) in [5, 5.41) is 32.3. The van der Waals surface area contributed by atoms with Gasteiger partial charge in [0.1, 0.15) is 24.7 Å². The molecule has 8 rings (SSSR count).